The van der Waals surface area contributed by atoms with Crippen molar-refractivity contribution in [3.8, 4) is 0 Å². The zero-order valence-corrected chi connectivity index (χ0v) is 27.3. The molecular formula is C30H64N4O6P-. The van der Waals surface area contributed by atoms with Crippen LogP contribution in [0.2, 0.25) is 0 Å². The van der Waals surface area contributed by atoms with E-state index in [0.29, 0.717) is 19.4 Å². The van der Waals surface area contributed by atoms with E-state index in [0.717, 1.165) is 25.7 Å². The third kappa shape index (κ3) is 36.8. The van der Waals surface area contributed by atoms with Crippen LogP contribution in [0.5, 0.6) is 0 Å². The molecule has 0 bridgehead atoms. The van der Waals surface area contributed by atoms with Gasteiger partial charge >= 0.3 is 5.97 Å². The molecule has 0 saturated carbocycles. The number of nitrogens with two attached hydrogens (primary N) is 3. The number of rotatable bonds is 29. The van der Waals surface area contributed by atoms with Crippen LogP contribution >= 0.6 is 7.82 Å². The molecule has 10 nitrogen and oxygen atoms in total. The molecule has 41 heavy (non-hydrogen) atoms. The van der Waals surface area contributed by atoms with Gasteiger partial charge in [0.2, 0.25) is 0 Å². The van der Waals surface area contributed by atoms with Gasteiger partial charge in [-0.15, -0.1) is 0 Å². The summed E-state index contributed by atoms with van der Waals surface area (Å²) in [5, 5.41) is 8.38. The Morgan fingerprint density at radius 2 is 1.05 bits per heavy atom. The van der Waals surface area contributed by atoms with Gasteiger partial charge < -0.3 is 36.2 Å². The number of aliphatic carboxylic acids is 1. The van der Waals surface area contributed by atoms with Crippen molar-refractivity contribution < 1.29 is 28.4 Å². The van der Waals surface area contributed by atoms with Crippen molar-refractivity contribution in [3.63, 3.8) is 0 Å². The first-order valence-electron chi connectivity index (χ1n) is 16.3. The molecule has 0 aliphatic carbocycles. The summed E-state index contributed by atoms with van der Waals surface area (Å²) < 4.78 is 21.7. The number of phosphoric ester groups is 1. The summed E-state index contributed by atoms with van der Waals surface area (Å²) in [5.41, 5.74) is 15.3. The number of phosphoric acid groups is 1. The molecule has 0 aromatic heterocycles. The van der Waals surface area contributed by atoms with E-state index in [1.54, 1.807) is 0 Å². The van der Waals surface area contributed by atoms with Crippen LogP contribution < -0.4 is 22.1 Å². The van der Waals surface area contributed by atoms with Gasteiger partial charge in [-0.3, -0.25) is 14.4 Å². The van der Waals surface area contributed by atoms with Gasteiger partial charge in [0.15, 0.2) is 5.96 Å². The molecule has 0 aliphatic heterocycles. The summed E-state index contributed by atoms with van der Waals surface area (Å²) in [6, 6.07) is -0.820. The lowest BCUT2D eigenvalue weighted by atomic mass is 10.1. The van der Waals surface area contributed by atoms with Gasteiger partial charge in [0.1, 0.15) is 6.04 Å². The number of unbranched alkanes of at least 4 members (excludes halogenated alkanes) is 18. The van der Waals surface area contributed by atoms with E-state index in [-0.39, 0.29) is 19.2 Å². The molecule has 0 spiro atoms. The maximum atomic E-state index is 11.7. The van der Waals surface area contributed by atoms with Crippen molar-refractivity contribution in [2.24, 2.45) is 22.2 Å². The van der Waals surface area contributed by atoms with E-state index in [1.807, 2.05) is 0 Å². The van der Waals surface area contributed by atoms with Crippen LogP contribution in [0, 0.1) is 0 Å². The smallest absolute Gasteiger partial charge is 0.320 e. The van der Waals surface area contributed by atoms with Crippen molar-refractivity contribution in [2.45, 2.75) is 161 Å². The van der Waals surface area contributed by atoms with Gasteiger partial charge in [0, 0.05) is 6.54 Å². The Morgan fingerprint density at radius 1 is 0.707 bits per heavy atom. The second-order valence-corrected chi connectivity index (χ2v) is 12.3. The fraction of sp³-hybridized carbons (Fsp3) is 0.933. The maximum Gasteiger partial charge on any atom is 0.320 e. The minimum atomic E-state index is -4.10. The number of guanidine groups is 1. The topological polar surface area (TPSA) is 186 Å². The van der Waals surface area contributed by atoms with Crippen molar-refractivity contribution in [1.82, 2.24) is 0 Å². The highest BCUT2D eigenvalue weighted by atomic mass is 31.2. The summed E-state index contributed by atoms with van der Waals surface area (Å²) in [5.74, 6) is -0.987. The predicted molar refractivity (Wildman–Crippen MR) is 169 cm³/mol. The van der Waals surface area contributed by atoms with Gasteiger partial charge in [-0.25, -0.2) is 0 Å². The van der Waals surface area contributed by atoms with E-state index in [1.165, 1.54) is 103 Å². The number of carbonyl (C=O) groups is 1. The fourth-order valence-corrected chi connectivity index (χ4v) is 4.99. The summed E-state index contributed by atoms with van der Waals surface area (Å²) in [6.07, 6.45) is 25.4. The molecule has 0 aliphatic rings. The number of carboxylic acids is 1. The van der Waals surface area contributed by atoms with Crippen LogP contribution in [-0.4, -0.2) is 42.8 Å². The molecule has 1 unspecified atom stereocenters. The number of aliphatic imine (C=N–C) groups is 1. The second kappa shape index (κ2) is 31.7. The molecule has 11 heteroatoms. The van der Waals surface area contributed by atoms with E-state index in [4.69, 9.17) is 31.4 Å². The molecule has 0 radical (unpaired) electrons. The third-order valence-electron chi connectivity index (χ3n) is 6.78. The van der Waals surface area contributed by atoms with Crippen molar-refractivity contribution >= 4 is 19.8 Å². The highest BCUT2D eigenvalue weighted by molar-refractivity contribution is 7.45. The molecule has 7 N–H and O–H groups in total. The van der Waals surface area contributed by atoms with Gasteiger partial charge in [-0.05, 0) is 25.7 Å². The molecule has 246 valence electrons. The van der Waals surface area contributed by atoms with Crippen LogP contribution in [0.15, 0.2) is 4.99 Å². The second-order valence-electron chi connectivity index (χ2n) is 10.9. The number of hydrogen-bond donors (Lipinski definition) is 4. The normalized spacial score (nSPS) is 12.0. The van der Waals surface area contributed by atoms with Crippen LogP contribution in [0.25, 0.3) is 0 Å². The monoisotopic (exact) mass is 607 g/mol. The lowest BCUT2D eigenvalue weighted by Gasteiger charge is -2.22. The Balaban J connectivity index is 0. The summed E-state index contributed by atoms with van der Waals surface area (Å²) in [7, 11) is -4.10. The Labute approximate surface area is 251 Å². The van der Waals surface area contributed by atoms with Gasteiger partial charge in [0.05, 0.1) is 13.2 Å². The number of nitrogens with zero attached hydrogens (tertiary/aromatic N) is 1. The number of carboxylic acid groups (broad SMARTS) is 1. The molecular weight excluding hydrogens is 543 g/mol. The molecule has 0 heterocycles. The molecule has 0 aromatic carbocycles. The van der Waals surface area contributed by atoms with Crippen LogP contribution in [0.3, 0.4) is 0 Å². The van der Waals surface area contributed by atoms with Crippen molar-refractivity contribution in [2.75, 3.05) is 19.8 Å². The van der Waals surface area contributed by atoms with Crippen molar-refractivity contribution in [3.05, 3.63) is 0 Å². The summed E-state index contributed by atoms with van der Waals surface area (Å²) >= 11 is 0. The van der Waals surface area contributed by atoms with Gasteiger partial charge in [-0.1, -0.05) is 129 Å². The maximum absolute atomic E-state index is 11.7. The van der Waals surface area contributed by atoms with E-state index in [2.05, 4.69) is 18.8 Å². The van der Waals surface area contributed by atoms with Crippen molar-refractivity contribution in [1.29, 1.82) is 0 Å². The lowest BCUT2D eigenvalue weighted by Crippen LogP contribution is -2.30. The van der Waals surface area contributed by atoms with E-state index < -0.39 is 19.8 Å². The SMILES string of the molecule is CCCCCCCCCCCCOP(=O)([O-])OCCCCCCCCCCCC.NC(N)=NCCCC(N)C(=O)O. The largest absolute Gasteiger partial charge is 0.756 e. The average molecular weight is 608 g/mol. The molecule has 1 atom stereocenters. The molecule has 0 aromatic rings. The fourth-order valence-electron chi connectivity index (χ4n) is 4.21. The molecule has 0 fully saturated rings. The minimum absolute atomic E-state index is 0.0129. The van der Waals surface area contributed by atoms with Crippen LogP contribution in [-0.2, 0) is 18.4 Å². The minimum Gasteiger partial charge on any atom is -0.756 e. The first kappa shape index (κ1) is 41.9. The van der Waals surface area contributed by atoms with Gasteiger partial charge in [-0.2, -0.15) is 0 Å². The van der Waals surface area contributed by atoms with Crippen LogP contribution in [0.1, 0.15) is 155 Å². The first-order valence-corrected chi connectivity index (χ1v) is 17.8. The first-order chi connectivity index (χ1) is 19.7. The zero-order chi connectivity index (χ0) is 31.0. The van der Waals surface area contributed by atoms with Crippen LogP contribution in [0.4, 0.5) is 0 Å². The average Bonchev–Trinajstić information content (AvgIpc) is 2.92. The quantitative estimate of drug-likeness (QED) is 0.0307. The van der Waals surface area contributed by atoms with Gasteiger partial charge in [0.25, 0.3) is 7.82 Å². The zero-order valence-electron chi connectivity index (χ0n) is 26.4. The Morgan fingerprint density at radius 3 is 1.37 bits per heavy atom. The highest BCUT2D eigenvalue weighted by Crippen LogP contribution is 2.38. The molecule has 0 amide bonds. The lowest BCUT2D eigenvalue weighted by molar-refractivity contribution is -0.225. The summed E-state index contributed by atoms with van der Waals surface area (Å²) in [6.45, 7) is 5.42. The highest BCUT2D eigenvalue weighted by Gasteiger charge is 2.10. The molecule has 0 saturated heterocycles. The number of hydrogen-bond acceptors (Lipinski definition) is 7. The van der Waals surface area contributed by atoms with E-state index >= 15 is 0 Å². The Kier molecular flexibility index (Phi) is 32.5. The van der Waals surface area contributed by atoms with E-state index in [9.17, 15) is 14.3 Å². The predicted octanol–water partition coefficient (Wildman–Crippen LogP) is 6.78. The molecule has 0 rings (SSSR count). The third-order valence-corrected chi connectivity index (χ3v) is 7.78. The Hall–Kier alpha value is -1.19. The summed E-state index contributed by atoms with van der Waals surface area (Å²) in [4.78, 5) is 25.6. The standard InChI is InChI=1S/C24H51O4P.C6H14N4O2/c1-3-5-7-9-11-13-15-17-19-21-23-27-29(25,26)28-24-22-20-18-16-14-12-10-8-6-4-2;7-4(5(11)12)2-1-3-10-6(8)9/h3-24H2,1-2H3,(H,25,26);4H,1-3,7H2,(H,11,12)(H4,8,9,10)/p-1. The Bertz CT molecular complexity index is 620.